The van der Waals surface area contributed by atoms with Gasteiger partial charge in [0.1, 0.15) is 6.54 Å². The first kappa shape index (κ1) is 17.3. The van der Waals surface area contributed by atoms with Gasteiger partial charge in [0.2, 0.25) is 0 Å². The van der Waals surface area contributed by atoms with E-state index in [1.165, 1.54) is 17.7 Å². The number of aryl methyl sites for hydroxylation is 1. The molecule has 0 heterocycles. The van der Waals surface area contributed by atoms with Gasteiger partial charge in [0, 0.05) is 11.1 Å². The summed E-state index contributed by atoms with van der Waals surface area (Å²) in [7, 11) is 0. The maximum Gasteiger partial charge on any atom is 0.325 e. The van der Waals surface area contributed by atoms with Crippen LogP contribution in [-0.2, 0) is 11.2 Å². The quantitative estimate of drug-likeness (QED) is 0.456. The number of rotatable bonds is 8. The van der Waals surface area contributed by atoms with E-state index in [4.69, 9.17) is 5.11 Å². The summed E-state index contributed by atoms with van der Waals surface area (Å²) in [5, 5.41) is 12.2. The molecule has 0 fully saturated rings. The summed E-state index contributed by atoms with van der Waals surface area (Å²) in [6, 6.07) is 13.6. The zero-order chi connectivity index (χ0) is 17.5. The molecular weight excluding hydrogens is 308 g/mol. The fourth-order valence-electron chi connectivity index (χ4n) is 2.36. The standard InChI is InChI=1S/C18H18N2O4/c1-2-3-13-4-6-14(7-5-13)18(23)15-8-10-16(11-9-15)20(19-24)12-17(21)22/h4-11H,2-3,12H2,1H3,(H,21,22). The fraction of sp³-hybridized carbons (Fsp3) is 0.222. The van der Waals surface area contributed by atoms with Gasteiger partial charge in [-0.3, -0.25) is 9.59 Å². The van der Waals surface area contributed by atoms with E-state index in [-0.39, 0.29) is 5.78 Å². The fourth-order valence-corrected chi connectivity index (χ4v) is 2.36. The van der Waals surface area contributed by atoms with Crippen LogP contribution in [0.4, 0.5) is 5.69 Å². The molecule has 0 atom stereocenters. The summed E-state index contributed by atoms with van der Waals surface area (Å²) in [6.45, 7) is 1.57. The van der Waals surface area contributed by atoms with E-state index >= 15 is 0 Å². The SMILES string of the molecule is CCCc1ccc(C(=O)c2ccc(N(CC(=O)O)N=O)cc2)cc1. The first-order valence-corrected chi connectivity index (χ1v) is 7.61. The van der Waals surface area contributed by atoms with Gasteiger partial charge in [0.05, 0.1) is 11.0 Å². The Morgan fingerprint density at radius 1 is 1.00 bits per heavy atom. The lowest BCUT2D eigenvalue weighted by molar-refractivity contribution is -0.135. The lowest BCUT2D eigenvalue weighted by Crippen LogP contribution is -2.23. The summed E-state index contributed by atoms with van der Waals surface area (Å²) in [4.78, 5) is 33.8. The van der Waals surface area contributed by atoms with Gasteiger partial charge in [0.25, 0.3) is 0 Å². The molecule has 0 aliphatic heterocycles. The number of nitrogens with zero attached hydrogens (tertiary/aromatic N) is 2. The molecule has 0 spiro atoms. The topological polar surface area (TPSA) is 87.0 Å². The van der Waals surface area contributed by atoms with Crippen LogP contribution in [0.15, 0.2) is 53.8 Å². The Morgan fingerprint density at radius 2 is 1.54 bits per heavy atom. The maximum atomic E-state index is 12.5. The van der Waals surface area contributed by atoms with Crippen LogP contribution in [-0.4, -0.2) is 23.4 Å². The average molecular weight is 326 g/mol. The molecule has 6 nitrogen and oxygen atoms in total. The van der Waals surface area contributed by atoms with Gasteiger partial charge in [-0.05, 0) is 36.2 Å². The Labute approximate surface area is 139 Å². The van der Waals surface area contributed by atoms with Crippen molar-refractivity contribution in [1.82, 2.24) is 0 Å². The highest BCUT2D eigenvalue weighted by Crippen LogP contribution is 2.18. The molecule has 1 N–H and O–H groups in total. The normalized spacial score (nSPS) is 10.2. The molecule has 2 rings (SSSR count). The van der Waals surface area contributed by atoms with Crippen molar-refractivity contribution >= 4 is 17.4 Å². The largest absolute Gasteiger partial charge is 0.480 e. The molecule has 6 heteroatoms. The smallest absolute Gasteiger partial charge is 0.325 e. The van der Waals surface area contributed by atoms with E-state index in [0.29, 0.717) is 16.8 Å². The van der Waals surface area contributed by atoms with Gasteiger partial charge in [-0.15, -0.1) is 4.91 Å². The van der Waals surface area contributed by atoms with Gasteiger partial charge in [-0.1, -0.05) is 37.6 Å². The molecule has 0 saturated carbocycles. The predicted molar refractivity (Wildman–Crippen MR) is 91.1 cm³/mol. The molecule has 0 saturated heterocycles. The van der Waals surface area contributed by atoms with Crippen molar-refractivity contribution in [3.05, 3.63) is 70.1 Å². The molecule has 0 radical (unpaired) electrons. The predicted octanol–water partition coefficient (Wildman–Crippen LogP) is 3.44. The third-order valence-electron chi connectivity index (χ3n) is 3.57. The highest BCUT2D eigenvalue weighted by molar-refractivity contribution is 6.09. The second-order valence-electron chi connectivity index (χ2n) is 5.36. The minimum Gasteiger partial charge on any atom is -0.480 e. The Bertz CT molecular complexity index is 724. The first-order valence-electron chi connectivity index (χ1n) is 7.61. The first-order chi connectivity index (χ1) is 11.5. The van der Waals surface area contributed by atoms with Crippen molar-refractivity contribution in [3.8, 4) is 0 Å². The molecule has 2 aromatic carbocycles. The average Bonchev–Trinajstić information content (AvgIpc) is 2.60. The Balaban J connectivity index is 2.15. The summed E-state index contributed by atoms with van der Waals surface area (Å²) in [6.07, 6.45) is 2.02. The Kier molecular flexibility index (Phi) is 5.78. The number of carbonyl (C=O) groups is 2. The molecule has 0 bridgehead atoms. The van der Waals surface area contributed by atoms with Crippen molar-refractivity contribution in [3.63, 3.8) is 0 Å². The molecule has 0 aliphatic rings. The Hall–Kier alpha value is -3.02. The van der Waals surface area contributed by atoms with Crippen LogP contribution in [0.2, 0.25) is 0 Å². The monoisotopic (exact) mass is 326 g/mol. The third kappa shape index (κ3) is 4.25. The van der Waals surface area contributed by atoms with E-state index in [0.717, 1.165) is 17.9 Å². The van der Waals surface area contributed by atoms with Crippen LogP contribution in [0.3, 0.4) is 0 Å². The van der Waals surface area contributed by atoms with Crippen molar-refractivity contribution in [1.29, 1.82) is 0 Å². The summed E-state index contributed by atoms with van der Waals surface area (Å²) >= 11 is 0. The summed E-state index contributed by atoms with van der Waals surface area (Å²) < 4.78 is 0. The molecule has 0 aromatic heterocycles. The summed E-state index contributed by atoms with van der Waals surface area (Å²) in [5.41, 5.74) is 2.55. The highest BCUT2D eigenvalue weighted by atomic mass is 16.4. The van der Waals surface area contributed by atoms with E-state index in [2.05, 4.69) is 12.2 Å². The minimum absolute atomic E-state index is 0.131. The number of hydrogen-bond acceptors (Lipinski definition) is 4. The number of benzene rings is 2. The number of carboxylic acid groups (broad SMARTS) is 1. The molecular formula is C18H18N2O4. The van der Waals surface area contributed by atoms with Crippen molar-refractivity contribution in [2.45, 2.75) is 19.8 Å². The number of aliphatic carboxylic acids is 1. The van der Waals surface area contributed by atoms with Crippen molar-refractivity contribution < 1.29 is 14.7 Å². The van der Waals surface area contributed by atoms with Crippen LogP contribution < -0.4 is 5.01 Å². The molecule has 124 valence electrons. The van der Waals surface area contributed by atoms with E-state index in [1.807, 2.05) is 12.1 Å². The van der Waals surface area contributed by atoms with Gasteiger partial charge < -0.3 is 5.11 Å². The lowest BCUT2D eigenvalue weighted by atomic mass is 10.0. The van der Waals surface area contributed by atoms with Gasteiger partial charge in [0.15, 0.2) is 5.78 Å². The zero-order valence-corrected chi connectivity index (χ0v) is 13.3. The van der Waals surface area contributed by atoms with Crippen LogP contribution in [0.25, 0.3) is 0 Å². The van der Waals surface area contributed by atoms with Gasteiger partial charge in [-0.25, -0.2) is 5.01 Å². The van der Waals surface area contributed by atoms with Crippen molar-refractivity contribution in [2.75, 3.05) is 11.6 Å². The van der Waals surface area contributed by atoms with Crippen molar-refractivity contribution in [2.24, 2.45) is 5.29 Å². The van der Waals surface area contributed by atoms with Crippen LogP contribution in [0.5, 0.6) is 0 Å². The van der Waals surface area contributed by atoms with Gasteiger partial charge >= 0.3 is 5.97 Å². The Morgan fingerprint density at radius 3 is 2.00 bits per heavy atom. The number of carboxylic acids is 1. The molecule has 24 heavy (non-hydrogen) atoms. The molecule has 0 aliphatic carbocycles. The number of nitroso groups, excluding NO2 is 1. The van der Waals surface area contributed by atoms with Crippen LogP contribution in [0.1, 0.15) is 34.8 Å². The maximum absolute atomic E-state index is 12.5. The number of carbonyl (C=O) groups excluding carboxylic acids is 1. The second kappa shape index (κ2) is 8.01. The zero-order valence-electron chi connectivity index (χ0n) is 13.3. The van der Waals surface area contributed by atoms with Crippen LogP contribution in [0, 0.1) is 4.91 Å². The van der Waals surface area contributed by atoms with Crippen LogP contribution >= 0.6 is 0 Å². The van der Waals surface area contributed by atoms with E-state index in [1.54, 1.807) is 24.3 Å². The number of hydrogen-bond donors (Lipinski definition) is 1. The lowest BCUT2D eigenvalue weighted by Gasteiger charge is -2.12. The van der Waals surface area contributed by atoms with E-state index in [9.17, 15) is 14.5 Å². The highest BCUT2D eigenvalue weighted by Gasteiger charge is 2.13. The second-order valence-corrected chi connectivity index (χ2v) is 5.36. The van der Waals surface area contributed by atoms with Gasteiger partial charge in [-0.2, -0.15) is 0 Å². The molecule has 0 unspecified atom stereocenters. The summed E-state index contributed by atoms with van der Waals surface area (Å²) in [5.74, 6) is -1.30. The van der Waals surface area contributed by atoms with E-state index < -0.39 is 12.5 Å². The molecule has 0 amide bonds. The third-order valence-corrected chi connectivity index (χ3v) is 3.57. The number of anilines is 1. The molecule has 2 aromatic rings. The number of ketones is 1. The minimum atomic E-state index is -1.16.